The first-order valence-electron chi connectivity index (χ1n) is 6.61. The zero-order valence-electron chi connectivity index (χ0n) is 11.6. The van der Waals surface area contributed by atoms with Crippen LogP contribution in [0.25, 0.3) is 11.1 Å². The highest BCUT2D eigenvalue weighted by Crippen LogP contribution is 2.34. The molecule has 0 spiro atoms. The lowest BCUT2D eigenvalue weighted by molar-refractivity contribution is 0.301. The second kappa shape index (κ2) is 6.34. The average molecular weight is 339 g/mol. The SMILES string of the molecule is Fc1ccc(OCc2[nH]nc(Cl)c2-c2c(F)cccc2F)cc1. The number of hydrogen-bond donors (Lipinski definition) is 1. The molecule has 2 aromatic carbocycles. The summed E-state index contributed by atoms with van der Waals surface area (Å²) in [5.74, 6) is -1.50. The monoisotopic (exact) mass is 338 g/mol. The molecule has 0 radical (unpaired) electrons. The highest BCUT2D eigenvalue weighted by Gasteiger charge is 2.21. The van der Waals surface area contributed by atoms with Crippen LogP contribution in [-0.2, 0) is 6.61 Å². The molecule has 1 heterocycles. The predicted molar refractivity (Wildman–Crippen MR) is 79.7 cm³/mol. The fourth-order valence-electron chi connectivity index (χ4n) is 2.13. The van der Waals surface area contributed by atoms with E-state index in [-0.39, 0.29) is 22.9 Å². The fourth-order valence-corrected chi connectivity index (χ4v) is 2.39. The van der Waals surface area contributed by atoms with Gasteiger partial charge < -0.3 is 4.74 Å². The number of aromatic amines is 1. The summed E-state index contributed by atoms with van der Waals surface area (Å²) in [5, 5.41) is 6.30. The molecule has 3 aromatic rings. The third kappa shape index (κ3) is 3.17. The van der Waals surface area contributed by atoms with Gasteiger partial charge >= 0.3 is 0 Å². The molecule has 7 heteroatoms. The number of halogens is 4. The largest absolute Gasteiger partial charge is 0.487 e. The molecule has 0 unspecified atom stereocenters. The second-order valence-corrected chi connectivity index (χ2v) is 5.07. The molecule has 3 nitrogen and oxygen atoms in total. The minimum absolute atomic E-state index is 0.0611. The third-order valence-electron chi connectivity index (χ3n) is 3.21. The number of aromatic nitrogens is 2. The molecular weight excluding hydrogens is 329 g/mol. The molecule has 0 atom stereocenters. The van der Waals surface area contributed by atoms with E-state index in [1.165, 1.54) is 30.3 Å². The summed E-state index contributed by atoms with van der Waals surface area (Å²) >= 11 is 5.95. The van der Waals surface area contributed by atoms with Gasteiger partial charge in [0.05, 0.1) is 16.8 Å². The summed E-state index contributed by atoms with van der Waals surface area (Å²) in [6, 6.07) is 8.89. The van der Waals surface area contributed by atoms with E-state index in [1.807, 2.05) is 0 Å². The van der Waals surface area contributed by atoms with Crippen LogP contribution in [0.1, 0.15) is 5.69 Å². The van der Waals surface area contributed by atoms with Gasteiger partial charge in [0, 0.05) is 0 Å². The number of ether oxygens (including phenoxy) is 1. The molecule has 0 aliphatic heterocycles. The first kappa shape index (κ1) is 15.4. The first-order valence-corrected chi connectivity index (χ1v) is 6.99. The van der Waals surface area contributed by atoms with Crippen LogP contribution >= 0.6 is 11.6 Å². The van der Waals surface area contributed by atoms with E-state index in [2.05, 4.69) is 10.2 Å². The summed E-state index contributed by atoms with van der Waals surface area (Å²) in [7, 11) is 0. The third-order valence-corrected chi connectivity index (χ3v) is 3.48. The van der Waals surface area contributed by atoms with Crippen molar-refractivity contribution in [1.82, 2.24) is 10.2 Å². The molecule has 1 aromatic heterocycles. The summed E-state index contributed by atoms with van der Waals surface area (Å²) in [6.45, 7) is -0.0611. The van der Waals surface area contributed by atoms with Crippen molar-refractivity contribution in [3.8, 4) is 16.9 Å². The Hall–Kier alpha value is -2.47. The maximum atomic E-state index is 14.0. The van der Waals surface area contributed by atoms with Gasteiger partial charge in [0.2, 0.25) is 0 Å². The van der Waals surface area contributed by atoms with Gasteiger partial charge in [0.1, 0.15) is 29.8 Å². The number of nitrogens with one attached hydrogen (secondary N) is 1. The molecule has 0 saturated carbocycles. The van der Waals surface area contributed by atoms with Crippen molar-refractivity contribution in [1.29, 1.82) is 0 Å². The zero-order valence-corrected chi connectivity index (χ0v) is 12.4. The molecule has 23 heavy (non-hydrogen) atoms. The molecule has 0 aliphatic carbocycles. The van der Waals surface area contributed by atoms with Gasteiger partial charge in [-0.1, -0.05) is 17.7 Å². The fraction of sp³-hybridized carbons (Fsp3) is 0.0625. The molecular formula is C16H10ClF3N2O. The van der Waals surface area contributed by atoms with Crippen molar-refractivity contribution < 1.29 is 17.9 Å². The smallest absolute Gasteiger partial charge is 0.159 e. The molecule has 0 bridgehead atoms. The number of rotatable bonds is 4. The Labute approximate surface area is 134 Å². The summed E-state index contributed by atoms with van der Waals surface area (Å²) in [4.78, 5) is 0. The van der Waals surface area contributed by atoms with Gasteiger partial charge in [-0.2, -0.15) is 5.10 Å². The number of H-pyrrole nitrogens is 1. The number of nitrogens with zero attached hydrogens (tertiary/aromatic N) is 1. The van der Waals surface area contributed by atoms with Crippen LogP contribution in [0.2, 0.25) is 5.15 Å². The van der Waals surface area contributed by atoms with Gasteiger partial charge in [0.15, 0.2) is 5.15 Å². The highest BCUT2D eigenvalue weighted by molar-refractivity contribution is 6.32. The van der Waals surface area contributed by atoms with Crippen LogP contribution in [-0.4, -0.2) is 10.2 Å². The molecule has 3 rings (SSSR count). The van der Waals surface area contributed by atoms with Gasteiger partial charge in [-0.15, -0.1) is 0 Å². The van der Waals surface area contributed by atoms with Crippen molar-refractivity contribution in [3.63, 3.8) is 0 Å². The van der Waals surface area contributed by atoms with Crippen LogP contribution in [0.4, 0.5) is 13.2 Å². The Morgan fingerprint density at radius 1 is 0.957 bits per heavy atom. The zero-order chi connectivity index (χ0) is 16.4. The topological polar surface area (TPSA) is 37.9 Å². The van der Waals surface area contributed by atoms with Crippen molar-refractivity contribution in [3.05, 3.63) is 70.8 Å². The maximum Gasteiger partial charge on any atom is 0.159 e. The Morgan fingerprint density at radius 2 is 1.61 bits per heavy atom. The Kier molecular flexibility index (Phi) is 4.25. The van der Waals surface area contributed by atoms with E-state index in [0.29, 0.717) is 11.4 Å². The Morgan fingerprint density at radius 3 is 2.26 bits per heavy atom. The number of hydrogen-bond acceptors (Lipinski definition) is 2. The normalized spacial score (nSPS) is 10.8. The number of benzene rings is 2. The lowest BCUT2D eigenvalue weighted by atomic mass is 10.1. The van der Waals surface area contributed by atoms with E-state index in [4.69, 9.17) is 16.3 Å². The lowest BCUT2D eigenvalue weighted by Crippen LogP contribution is -2.00. The highest BCUT2D eigenvalue weighted by atomic mass is 35.5. The van der Waals surface area contributed by atoms with E-state index < -0.39 is 17.5 Å². The van der Waals surface area contributed by atoms with Crippen LogP contribution in [0.15, 0.2) is 42.5 Å². The van der Waals surface area contributed by atoms with Gasteiger partial charge in [0.25, 0.3) is 0 Å². The van der Waals surface area contributed by atoms with Crippen molar-refractivity contribution in [2.24, 2.45) is 0 Å². The van der Waals surface area contributed by atoms with Crippen LogP contribution in [0.5, 0.6) is 5.75 Å². The summed E-state index contributed by atoms with van der Waals surface area (Å²) in [5.41, 5.74) is 0.136. The second-order valence-electron chi connectivity index (χ2n) is 4.71. The Bertz CT molecular complexity index is 814. The lowest BCUT2D eigenvalue weighted by Gasteiger charge is -2.08. The van der Waals surface area contributed by atoms with Crippen molar-refractivity contribution in [2.75, 3.05) is 0 Å². The van der Waals surface area contributed by atoms with Crippen LogP contribution < -0.4 is 4.74 Å². The minimum atomic E-state index is -0.753. The van der Waals surface area contributed by atoms with E-state index in [1.54, 1.807) is 0 Å². The van der Waals surface area contributed by atoms with Crippen LogP contribution in [0.3, 0.4) is 0 Å². The van der Waals surface area contributed by atoms with Gasteiger partial charge in [-0.05, 0) is 36.4 Å². The van der Waals surface area contributed by atoms with Gasteiger partial charge in [-0.25, -0.2) is 13.2 Å². The van der Waals surface area contributed by atoms with Crippen LogP contribution in [0, 0.1) is 17.5 Å². The maximum absolute atomic E-state index is 14.0. The standard InChI is InChI=1S/C16H10ClF3N2O/c17-16-15(14-11(19)2-1-3-12(14)20)13(21-22-16)8-23-10-6-4-9(18)5-7-10/h1-7H,8H2,(H,21,22). The van der Waals surface area contributed by atoms with Crippen molar-refractivity contribution in [2.45, 2.75) is 6.61 Å². The average Bonchev–Trinajstić information content (AvgIpc) is 2.88. The minimum Gasteiger partial charge on any atom is -0.487 e. The summed E-state index contributed by atoms with van der Waals surface area (Å²) in [6.07, 6.45) is 0. The molecule has 0 amide bonds. The first-order chi connectivity index (χ1) is 11.1. The molecule has 0 saturated heterocycles. The molecule has 0 aliphatic rings. The Balaban J connectivity index is 1.91. The molecule has 0 fully saturated rings. The van der Waals surface area contributed by atoms with Gasteiger partial charge in [-0.3, -0.25) is 5.10 Å². The molecule has 118 valence electrons. The summed E-state index contributed by atoms with van der Waals surface area (Å²) < 4.78 is 46.2. The predicted octanol–water partition coefficient (Wildman–Crippen LogP) is 4.73. The van der Waals surface area contributed by atoms with Crippen molar-refractivity contribution >= 4 is 11.6 Å². The van der Waals surface area contributed by atoms with E-state index in [9.17, 15) is 13.2 Å². The molecule has 1 N–H and O–H groups in total. The van der Waals surface area contributed by atoms with E-state index >= 15 is 0 Å². The van der Waals surface area contributed by atoms with E-state index in [0.717, 1.165) is 12.1 Å². The quantitative estimate of drug-likeness (QED) is 0.747.